The molecule has 4 heteroatoms. The summed E-state index contributed by atoms with van der Waals surface area (Å²) >= 11 is 1.79. The van der Waals surface area contributed by atoms with Gasteiger partial charge >= 0.3 is 0 Å². The van der Waals surface area contributed by atoms with Crippen molar-refractivity contribution in [3.63, 3.8) is 0 Å². The number of hydrogen-bond acceptors (Lipinski definition) is 4. The first-order valence-corrected chi connectivity index (χ1v) is 7.12. The number of nitrogens with zero attached hydrogens (tertiary/aromatic N) is 1. The first kappa shape index (κ1) is 14.6. The Hall–Kier alpha value is -0.450. The van der Waals surface area contributed by atoms with E-state index < -0.39 is 0 Å². The Morgan fingerprint density at radius 2 is 2.06 bits per heavy atom. The van der Waals surface area contributed by atoms with Crippen LogP contribution in [0.15, 0.2) is 6.20 Å². The molecule has 1 aromatic rings. The monoisotopic (exact) mass is 256 g/mol. The summed E-state index contributed by atoms with van der Waals surface area (Å²) in [6.07, 6.45) is 5.12. The Labute approximate surface area is 108 Å². The fourth-order valence-corrected chi connectivity index (χ4v) is 2.43. The topological polar surface area (TPSA) is 45.2 Å². The highest BCUT2D eigenvalue weighted by Gasteiger charge is 2.17. The molecule has 1 aromatic heterocycles. The van der Waals surface area contributed by atoms with E-state index in [9.17, 15) is 0 Å². The highest BCUT2D eigenvalue weighted by atomic mass is 32.1. The summed E-state index contributed by atoms with van der Waals surface area (Å²) in [5.74, 6) is 0. The second kappa shape index (κ2) is 7.09. The van der Waals surface area contributed by atoms with Crippen LogP contribution in [0.3, 0.4) is 0 Å². The van der Waals surface area contributed by atoms with Crippen molar-refractivity contribution in [2.45, 2.75) is 52.0 Å². The maximum atomic E-state index is 8.65. The van der Waals surface area contributed by atoms with Gasteiger partial charge in [-0.2, -0.15) is 0 Å². The molecule has 0 radical (unpaired) electrons. The fourth-order valence-electron chi connectivity index (χ4n) is 1.49. The van der Waals surface area contributed by atoms with Gasteiger partial charge in [-0.15, -0.1) is 11.3 Å². The highest BCUT2D eigenvalue weighted by molar-refractivity contribution is 7.11. The predicted molar refractivity (Wildman–Crippen MR) is 73.5 cm³/mol. The van der Waals surface area contributed by atoms with Crippen LogP contribution >= 0.6 is 11.3 Å². The van der Waals surface area contributed by atoms with Crippen molar-refractivity contribution in [3.8, 4) is 0 Å². The fraction of sp³-hybridized carbons (Fsp3) is 0.769. The van der Waals surface area contributed by atoms with Gasteiger partial charge in [0.05, 0.1) is 5.01 Å². The molecule has 0 fully saturated rings. The van der Waals surface area contributed by atoms with Gasteiger partial charge in [-0.25, -0.2) is 4.98 Å². The highest BCUT2D eigenvalue weighted by Crippen LogP contribution is 2.26. The van der Waals surface area contributed by atoms with Crippen LogP contribution in [0.2, 0.25) is 0 Å². The minimum absolute atomic E-state index is 0.157. The maximum Gasteiger partial charge on any atom is 0.0981 e. The van der Waals surface area contributed by atoms with Crippen molar-refractivity contribution in [1.82, 2.24) is 10.3 Å². The molecule has 0 aliphatic carbocycles. The molecule has 0 amide bonds. The van der Waals surface area contributed by atoms with E-state index in [2.05, 4.69) is 31.1 Å². The molecular formula is C13H24N2OS. The van der Waals surface area contributed by atoms with Gasteiger partial charge in [-0.1, -0.05) is 20.8 Å². The van der Waals surface area contributed by atoms with Crippen LogP contribution in [-0.4, -0.2) is 23.2 Å². The quantitative estimate of drug-likeness (QED) is 0.737. The molecule has 0 spiro atoms. The summed E-state index contributed by atoms with van der Waals surface area (Å²) in [4.78, 5) is 5.76. The van der Waals surface area contributed by atoms with Crippen molar-refractivity contribution in [2.24, 2.45) is 0 Å². The van der Waals surface area contributed by atoms with E-state index in [1.807, 2.05) is 6.20 Å². The van der Waals surface area contributed by atoms with Gasteiger partial charge in [0.2, 0.25) is 0 Å². The predicted octanol–water partition coefficient (Wildman–Crippen LogP) is 2.69. The van der Waals surface area contributed by atoms with Crippen LogP contribution in [0.5, 0.6) is 0 Å². The van der Waals surface area contributed by atoms with Gasteiger partial charge in [0.15, 0.2) is 0 Å². The summed E-state index contributed by atoms with van der Waals surface area (Å²) in [5, 5.41) is 13.3. The molecule has 0 unspecified atom stereocenters. The zero-order valence-corrected chi connectivity index (χ0v) is 11.9. The number of aliphatic hydroxyl groups excluding tert-OH is 1. The van der Waals surface area contributed by atoms with E-state index in [0.29, 0.717) is 6.61 Å². The Kier molecular flexibility index (Phi) is 6.09. The molecule has 3 nitrogen and oxygen atoms in total. The average molecular weight is 256 g/mol. The summed E-state index contributed by atoms with van der Waals surface area (Å²) < 4.78 is 0. The largest absolute Gasteiger partial charge is 0.396 e. The van der Waals surface area contributed by atoms with Crippen molar-refractivity contribution >= 4 is 11.3 Å². The van der Waals surface area contributed by atoms with Gasteiger partial charge in [0, 0.05) is 29.6 Å². The molecule has 2 N–H and O–H groups in total. The number of hydrogen-bond donors (Lipinski definition) is 2. The maximum absolute atomic E-state index is 8.65. The van der Waals surface area contributed by atoms with E-state index in [1.165, 1.54) is 9.88 Å². The smallest absolute Gasteiger partial charge is 0.0981 e. The van der Waals surface area contributed by atoms with Crippen LogP contribution in [-0.2, 0) is 12.0 Å². The Morgan fingerprint density at radius 3 is 2.65 bits per heavy atom. The minimum atomic E-state index is 0.157. The van der Waals surface area contributed by atoms with E-state index in [4.69, 9.17) is 5.11 Å². The molecule has 0 aliphatic rings. The normalized spacial score (nSPS) is 12.0. The van der Waals surface area contributed by atoms with Crippen molar-refractivity contribution < 1.29 is 5.11 Å². The SMILES string of the molecule is CC(C)(C)c1ncc(CNCCCCCO)s1. The zero-order chi connectivity index (χ0) is 12.7. The lowest BCUT2D eigenvalue weighted by Crippen LogP contribution is -2.14. The number of unbranched alkanes of at least 4 members (excludes halogenated alkanes) is 2. The molecule has 0 saturated heterocycles. The first-order valence-electron chi connectivity index (χ1n) is 6.31. The van der Waals surface area contributed by atoms with E-state index >= 15 is 0 Å². The summed E-state index contributed by atoms with van der Waals surface area (Å²) in [7, 11) is 0. The van der Waals surface area contributed by atoms with E-state index in [-0.39, 0.29) is 5.41 Å². The lowest BCUT2D eigenvalue weighted by atomic mass is 9.98. The summed E-state index contributed by atoms with van der Waals surface area (Å²) in [6, 6.07) is 0. The number of thiazole rings is 1. The standard InChI is InChI=1S/C13H24N2OS/c1-13(2,3)12-15-10-11(17-12)9-14-7-5-4-6-8-16/h10,14,16H,4-9H2,1-3H3. The molecule has 0 bridgehead atoms. The van der Waals surface area contributed by atoms with Crippen molar-refractivity contribution in [3.05, 3.63) is 16.1 Å². The average Bonchev–Trinajstić information content (AvgIpc) is 2.71. The molecule has 0 atom stereocenters. The third kappa shape index (κ3) is 5.61. The van der Waals surface area contributed by atoms with Gasteiger partial charge in [0.25, 0.3) is 0 Å². The number of aromatic nitrogens is 1. The number of rotatable bonds is 7. The van der Waals surface area contributed by atoms with Crippen molar-refractivity contribution in [1.29, 1.82) is 0 Å². The second-order valence-corrected chi connectivity index (χ2v) is 6.46. The third-order valence-electron chi connectivity index (χ3n) is 2.51. The van der Waals surface area contributed by atoms with Crippen LogP contribution in [0.25, 0.3) is 0 Å². The molecular weight excluding hydrogens is 232 g/mol. The van der Waals surface area contributed by atoms with Gasteiger partial charge in [-0.05, 0) is 25.8 Å². The number of aliphatic hydroxyl groups is 1. The third-order valence-corrected chi connectivity index (χ3v) is 3.93. The second-order valence-electron chi connectivity index (χ2n) is 5.34. The van der Waals surface area contributed by atoms with Gasteiger partial charge < -0.3 is 10.4 Å². The molecule has 0 saturated carbocycles. The summed E-state index contributed by atoms with van der Waals surface area (Å²) in [5.41, 5.74) is 0.157. The molecule has 1 heterocycles. The van der Waals surface area contributed by atoms with Crippen LogP contribution in [0, 0.1) is 0 Å². The minimum Gasteiger partial charge on any atom is -0.396 e. The van der Waals surface area contributed by atoms with E-state index in [0.717, 1.165) is 32.4 Å². The van der Waals surface area contributed by atoms with Crippen LogP contribution in [0.4, 0.5) is 0 Å². The van der Waals surface area contributed by atoms with Gasteiger partial charge in [-0.3, -0.25) is 0 Å². The summed E-state index contributed by atoms with van der Waals surface area (Å²) in [6.45, 7) is 8.81. The Bertz CT molecular complexity index is 317. The van der Waals surface area contributed by atoms with Crippen LogP contribution in [0.1, 0.15) is 49.9 Å². The molecule has 0 aromatic carbocycles. The Balaban J connectivity index is 2.21. The van der Waals surface area contributed by atoms with Crippen LogP contribution < -0.4 is 5.32 Å². The molecule has 17 heavy (non-hydrogen) atoms. The first-order chi connectivity index (χ1) is 8.04. The Morgan fingerprint density at radius 1 is 1.29 bits per heavy atom. The van der Waals surface area contributed by atoms with Crippen molar-refractivity contribution in [2.75, 3.05) is 13.2 Å². The molecule has 1 rings (SSSR count). The zero-order valence-electron chi connectivity index (χ0n) is 11.1. The molecule has 0 aliphatic heterocycles. The van der Waals surface area contributed by atoms with E-state index in [1.54, 1.807) is 11.3 Å². The lowest BCUT2D eigenvalue weighted by Gasteiger charge is -2.13. The lowest BCUT2D eigenvalue weighted by molar-refractivity contribution is 0.283. The van der Waals surface area contributed by atoms with Gasteiger partial charge in [0.1, 0.15) is 0 Å². The molecule has 98 valence electrons. The number of nitrogens with one attached hydrogen (secondary N) is 1.